The summed E-state index contributed by atoms with van der Waals surface area (Å²) in [5.74, 6) is -0.819. The largest absolute Gasteiger partial charge is 0.323 e. The number of fused-ring (bicyclic) bond motifs is 1. The maximum Gasteiger partial charge on any atom is 0.271 e. The van der Waals surface area contributed by atoms with Crippen LogP contribution in [0.4, 0.5) is 10.1 Å². The monoisotopic (exact) mass is 349 g/mol. The molecule has 0 saturated heterocycles. The van der Waals surface area contributed by atoms with E-state index in [-0.39, 0.29) is 22.9 Å². The summed E-state index contributed by atoms with van der Waals surface area (Å²) < 4.78 is 15.5. The number of rotatable bonds is 4. The second-order valence-corrected chi connectivity index (χ2v) is 6.57. The Morgan fingerprint density at radius 2 is 2.17 bits per heavy atom. The summed E-state index contributed by atoms with van der Waals surface area (Å²) in [6.07, 6.45) is 0. The lowest BCUT2D eigenvalue weighted by molar-refractivity contribution is -0.113. The first-order valence-electron chi connectivity index (χ1n) is 6.67. The number of aromatic nitrogens is 2. The van der Waals surface area contributed by atoms with Crippen molar-refractivity contribution in [1.82, 2.24) is 9.55 Å². The van der Waals surface area contributed by atoms with Crippen LogP contribution in [-0.4, -0.2) is 21.2 Å². The molecule has 1 N–H and O–H groups in total. The Morgan fingerprint density at radius 3 is 2.96 bits per heavy atom. The number of thioether (sulfide) groups is 1. The highest BCUT2D eigenvalue weighted by Crippen LogP contribution is 2.20. The van der Waals surface area contributed by atoms with Gasteiger partial charge in [0.25, 0.3) is 5.56 Å². The number of hydrogen-bond donors (Lipinski definition) is 1. The van der Waals surface area contributed by atoms with E-state index in [9.17, 15) is 14.0 Å². The van der Waals surface area contributed by atoms with E-state index in [1.807, 2.05) is 0 Å². The van der Waals surface area contributed by atoms with E-state index in [2.05, 4.69) is 10.3 Å². The van der Waals surface area contributed by atoms with Gasteiger partial charge >= 0.3 is 0 Å². The van der Waals surface area contributed by atoms with Gasteiger partial charge in [0, 0.05) is 7.05 Å². The molecule has 5 nitrogen and oxygen atoms in total. The SMILES string of the molecule is Cn1c(SCC(=O)Nc2ccccc2F)nc2ccsc2c1=O. The van der Waals surface area contributed by atoms with Crippen molar-refractivity contribution in [3.8, 4) is 0 Å². The van der Waals surface area contributed by atoms with Gasteiger partial charge in [0.1, 0.15) is 10.5 Å². The number of nitrogens with zero attached hydrogens (tertiary/aromatic N) is 2. The number of nitrogens with one attached hydrogen (secondary N) is 1. The maximum absolute atomic E-state index is 13.5. The van der Waals surface area contributed by atoms with Gasteiger partial charge in [-0.1, -0.05) is 23.9 Å². The Morgan fingerprint density at radius 1 is 1.39 bits per heavy atom. The molecule has 23 heavy (non-hydrogen) atoms. The van der Waals surface area contributed by atoms with E-state index < -0.39 is 5.82 Å². The number of anilines is 1. The fraction of sp³-hybridized carbons (Fsp3) is 0.133. The number of benzene rings is 1. The number of amides is 1. The Kier molecular flexibility index (Phi) is 4.44. The van der Waals surface area contributed by atoms with Gasteiger partial charge in [-0.3, -0.25) is 14.2 Å². The molecule has 3 rings (SSSR count). The highest BCUT2D eigenvalue weighted by atomic mass is 32.2. The summed E-state index contributed by atoms with van der Waals surface area (Å²) in [6, 6.07) is 7.73. The lowest BCUT2D eigenvalue weighted by atomic mass is 10.3. The fourth-order valence-electron chi connectivity index (χ4n) is 1.98. The van der Waals surface area contributed by atoms with Crippen LogP contribution in [0, 0.1) is 5.82 Å². The summed E-state index contributed by atoms with van der Waals surface area (Å²) in [7, 11) is 1.62. The minimum Gasteiger partial charge on any atom is -0.323 e. The average Bonchev–Trinajstić information content (AvgIpc) is 3.00. The van der Waals surface area contributed by atoms with Gasteiger partial charge < -0.3 is 5.32 Å². The van der Waals surface area contributed by atoms with Crippen LogP contribution in [0.3, 0.4) is 0 Å². The van der Waals surface area contributed by atoms with Gasteiger partial charge in [0.2, 0.25) is 5.91 Å². The van der Waals surface area contributed by atoms with Gasteiger partial charge in [0.15, 0.2) is 5.16 Å². The van der Waals surface area contributed by atoms with Gasteiger partial charge in [-0.25, -0.2) is 9.37 Å². The van der Waals surface area contributed by atoms with Crippen LogP contribution in [0.2, 0.25) is 0 Å². The Balaban J connectivity index is 1.73. The first-order chi connectivity index (χ1) is 11.1. The fourth-order valence-corrected chi connectivity index (χ4v) is 3.55. The minimum atomic E-state index is -0.490. The van der Waals surface area contributed by atoms with E-state index in [0.29, 0.717) is 15.4 Å². The molecule has 8 heteroatoms. The summed E-state index contributed by atoms with van der Waals surface area (Å²) in [4.78, 5) is 28.5. The average molecular weight is 349 g/mol. The number of thiophene rings is 1. The molecule has 0 aliphatic rings. The highest BCUT2D eigenvalue weighted by Gasteiger charge is 2.12. The second-order valence-electron chi connectivity index (χ2n) is 4.71. The van der Waals surface area contributed by atoms with Crippen LogP contribution in [0.15, 0.2) is 45.7 Å². The molecule has 0 aliphatic carbocycles. The molecule has 118 valence electrons. The van der Waals surface area contributed by atoms with Crippen molar-refractivity contribution < 1.29 is 9.18 Å². The molecule has 0 saturated carbocycles. The zero-order valence-corrected chi connectivity index (χ0v) is 13.7. The van der Waals surface area contributed by atoms with Crippen LogP contribution in [0.1, 0.15) is 0 Å². The third-order valence-electron chi connectivity index (χ3n) is 3.13. The van der Waals surface area contributed by atoms with Crippen LogP contribution < -0.4 is 10.9 Å². The van der Waals surface area contributed by atoms with E-state index in [0.717, 1.165) is 11.8 Å². The normalized spacial score (nSPS) is 10.9. The van der Waals surface area contributed by atoms with Crippen molar-refractivity contribution in [2.24, 2.45) is 7.05 Å². The third kappa shape index (κ3) is 3.27. The van der Waals surface area contributed by atoms with Crippen LogP contribution in [0.5, 0.6) is 0 Å². The zero-order chi connectivity index (χ0) is 16.4. The number of carbonyl (C=O) groups is 1. The predicted molar refractivity (Wildman–Crippen MR) is 90.6 cm³/mol. The first-order valence-corrected chi connectivity index (χ1v) is 8.54. The summed E-state index contributed by atoms with van der Waals surface area (Å²) >= 11 is 2.47. The van der Waals surface area contributed by atoms with Crippen molar-refractivity contribution >= 4 is 44.9 Å². The molecule has 0 atom stereocenters. The van der Waals surface area contributed by atoms with Crippen LogP contribution >= 0.6 is 23.1 Å². The van der Waals surface area contributed by atoms with Gasteiger partial charge in [-0.2, -0.15) is 0 Å². The van der Waals surface area contributed by atoms with Crippen molar-refractivity contribution in [3.05, 3.63) is 51.9 Å². The quantitative estimate of drug-likeness (QED) is 0.581. The van der Waals surface area contributed by atoms with Crippen molar-refractivity contribution in [2.45, 2.75) is 5.16 Å². The zero-order valence-electron chi connectivity index (χ0n) is 12.1. The van der Waals surface area contributed by atoms with Gasteiger partial charge in [-0.05, 0) is 23.6 Å². The Labute approximate surface area is 139 Å². The summed E-state index contributed by atoms with van der Waals surface area (Å²) in [5, 5.41) is 4.75. The molecule has 1 amide bonds. The van der Waals surface area contributed by atoms with Crippen molar-refractivity contribution in [3.63, 3.8) is 0 Å². The topological polar surface area (TPSA) is 64.0 Å². The second kappa shape index (κ2) is 6.51. The molecule has 0 aliphatic heterocycles. The van der Waals surface area contributed by atoms with Crippen LogP contribution in [-0.2, 0) is 11.8 Å². The maximum atomic E-state index is 13.5. The first kappa shape index (κ1) is 15.7. The smallest absolute Gasteiger partial charge is 0.271 e. The molecular formula is C15H12FN3O2S2. The molecule has 1 aromatic carbocycles. The van der Waals surface area contributed by atoms with E-state index >= 15 is 0 Å². The number of carbonyl (C=O) groups excluding carboxylic acids is 1. The molecule has 0 radical (unpaired) electrons. The molecule has 0 spiro atoms. The third-order valence-corrected chi connectivity index (χ3v) is 5.05. The molecular weight excluding hydrogens is 337 g/mol. The van der Waals surface area contributed by atoms with Crippen molar-refractivity contribution in [1.29, 1.82) is 0 Å². The molecule has 2 heterocycles. The molecule has 0 fully saturated rings. The van der Waals surface area contributed by atoms with Gasteiger partial charge in [0.05, 0.1) is 17.0 Å². The minimum absolute atomic E-state index is 0.0320. The number of hydrogen-bond acceptors (Lipinski definition) is 5. The lowest BCUT2D eigenvalue weighted by Gasteiger charge is -2.08. The van der Waals surface area contributed by atoms with E-state index in [4.69, 9.17) is 0 Å². The summed E-state index contributed by atoms with van der Waals surface area (Å²) in [5.41, 5.74) is 0.616. The predicted octanol–water partition coefficient (Wildman–Crippen LogP) is 2.86. The van der Waals surface area contributed by atoms with Crippen LogP contribution in [0.25, 0.3) is 10.2 Å². The number of para-hydroxylation sites is 1. The lowest BCUT2D eigenvalue weighted by Crippen LogP contribution is -2.20. The highest BCUT2D eigenvalue weighted by molar-refractivity contribution is 7.99. The standard InChI is InChI=1S/C15H12FN3O2S2/c1-19-14(21)13-11(6-7-22-13)18-15(19)23-8-12(20)17-10-5-3-2-4-9(10)16/h2-7H,8H2,1H3,(H,17,20). The summed E-state index contributed by atoms with van der Waals surface area (Å²) in [6.45, 7) is 0. The van der Waals surface area contributed by atoms with Crippen molar-refractivity contribution in [2.75, 3.05) is 11.1 Å². The molecule has 0 bridgehead atoms. The molecule has 3 aromatic rings. The Bertz CT molecular complexity index is 936. The molecule has 2 aromatic heterocycles. The Hall–Kier alpha value is -2.19. The van der Waals surface area contributed by atoms with E-state index in [1.54, 1.807) is 30.6 Å². The van der Waals surface area contributed by atoms with Gasteiger partial charge in [-0.15, -0.1) is 11.3 Å². The number of halogens is 1. The van der Waals surface area contributed by atoms with E-state index in [1.165, 1.54) is 28.0 Å². The molecule has 0 unspecified atom stereocenters.